The molecule has 3 fully saturated rings. The fraction of sp³-hybridized carbons (Fsp3) is 0.375. The lowest BCUT2D eigenvalue weighted by atomic mass is 10.3. The third-order valence-corrected chi connectivity index (χ3v) is 4.54. The molecule has 0 spiro atoms. The number of hydrogen-bond donors (Lipinski definition) is 0. The molecule has 3 aliphatic heterocycles. The van der Waals surface area contributed by atoms with Crippen LogP contribution in [0.1, 0.15) is 38.5 Å². The van der Waals surface area contributed by atoms with Crippen molar-refractivity contribution in [2.24, 2.45) is 0 Å². The number of nitrogens with zero attached hydrogens (tertiary/aromatic N) is 5. The summed E-state index contributed by atoms with van der Waals surface area (Å²) in [5.41, 5.74) is -0.117. The highest BCUT2D eigenvalue weighted by Gasteiger charge is 2.40. The molecule has 27 heavy (non-hydrogen) atoms. The lowest BCUT2D eigenvalue weighted by Gasteiger charge is -2.23. The molecule has 0 atom stereocenters. The zero-order chi connectivity index (χ0) is 19.3. The van der Waals surface area contributed by atoms with Crippen LogP contribution in [0.5, 0.6) is 0 Å². The van der Waals surface area contributed by atoms with Gasteiger partial charge in [0, 0.05) is 38.5 Å². The van der Waals surface area contributed by atoms with Crippen LogP contribution >= 0.6 is 0 Å². The summed E-state index contributed by atoms with van der Waals surface area (Å²) in [5, 5.41) is 0. The van der Waals surface area contributed by atoms with Crippen molar-refractivity contribution < 1.29 is 28.8 Å². The van der Waals surface area contributed by atoms with E-state index < -0.39 is 35.4 Å². The lowest BCUT2D eigenvalue weighted by molar-refractivity contribution is -0.123. The van der Waals surface area contributed by atoms with Gasteiger partial charge in [0.05, 0.1) is 6.20 Å². The molecule has 3 saturated heterocycles. The molecule has 0 aromatic carbocycles. The van der Waals surface area contributed by atoms with E-state index in [1.807, 2.05) is 0 Å². The number of anilines is 3. The van der Waals surface area contributed by atoms with Gasteiger partial charge in [-0.15, -0.1) is 0 Å². The van der Waals surface area contributed by atoms with Crippen LogP contribution < -0.4 is 14.7 Å². The van der Waals surface area contributed by atoms with Crippen LogP contribution in [0.2, 0.25) is 0 Å². The fourth-order valence-electron chi connectivity index (χ4n) is 3.25. The smallest absolute Gasteiger partial charge is 0.241 e. The van der Waals surface area contributed by atoms with E-state index in [0.29, 0.717) is 0 Å². The summed E-state index contributed by atoms with van der Waals surface area (Å²) in [6, 6.07) is 0. The van der Waals surface area contributed by atoms with E-state index >= 15 is 0 Å². The van der Waals surface area contributed by atoms with E-state index in [2.05, 4.69) is 9.97 Å². The summed E-state index contributed by atoms with van der Waals surface area (Å²) < 4.78 is 0. The van der Waals surface area contributed by atoms with Crippen LogP contribution in [0.3, 0.4) is 0 Å². The highest BCUT2D eigenvalue weighted by Crippen LogP contribution is 2.35. The number of carbonyl (C=O) groups is 6. The Bertz CT molecular complexity index is 893. The summed E-state index contributed by atoms with van der Waals surface area (Å²) in [6.45, 7) is 0. The molecule has 4 heterocycles. The van der Waals surface area contributed by atoms with Crippen LogP contribution in [-0.2, 0) is 28.8 Å². The Hall–Kier alpha value is -3.50. The molecule has 4 rings (SSSR count). The average Bonchev–Trinajstić information content (AvgIpc) is 3.26. The van der Waals surface area contributed by atoms with Crippen molar-refractivity contribution >= 4 is 52.9 Å². The maximum absolute atomic E-state index is 12.2. The maximum atomic E-state index is 12.2. The number of carbonyl (C=O) groups excluding carboxylic acids is 6. The number of hydrogen-bond acceptors (Lipinski definition) is 8. The Kier molecular flexibility index (Phi) is 3.79. The molecule has 0 N–H and O–H groups in total. The van der Waals surface area contributed by atoms with Crippen molar-refractivity contribution in [1.29, 1.82) is 0 Å². The molecule has 11 heteroatoms. The molecule has 0 unspecified atom stereocenters. The van der Waals surface area contributed by atoms with Crippen LogP contribution in [0.25, 0.3) is 0 Å². The summed E-state index contributed by atoms with van der Waals surface area (Å²) >= 11 is 0. The second kappa shape index (κ2) is 6.04. The Morgan fingerprint density at radius 3 is 1.48 bits per heavy atom. The molecule has 1 aromatic rings. The zero-order valence-electron chi connectivity index (χ0n) is 14.0. The van der Waals surface area contributed by atoms with Crippen molar-refractivity contribution in [1.82, 2.24) is 9.97 Å². The molecule has 1 aromatic heterocycles. The van der Waals surface area contributed by atoms with Crippen molar-refractivity contribution in [3.63, 3.8) is 0 Å². The van der Waals surface area contributed by atoms with E-state index in [4.69, 9.17) is 0 Å². The largest absolute Gasteiger partial charge is 0.274 e. The van der Waals surface area contributed by atoms with Crippen LogP contribution in [-0.4, -0.2) is 45.4 Å². The molecule has 3 aliphatic rings. The van der Waals surface area contributed by atoms with Crippen LogP contribution in [0.4, 0.5) is 17.5 Å². The van der Waals surface area contributed by atoms with Gasteiger partial charge in [0.1, 0.15) is 5.69 Å². The number of rotatable bonds is 3. The summed E-state index contributed by atoms with van der Waals surface area (Å²) in [7, 11) is 0. The first-order valence-corrected chi connectivity index (χ1v) is 8.33. The molecule has 138 valence electrons. The third kappa shape index (κ3) is 2.58. The van der Waals surface area contributed by atoms with Crippen LogP contribution in [0, 0.1) is 0 Å². The van der Waals surface area contributed by atoms with Gasteiger partial charge < -0.3 is 0 Å². The molecule has 0 saturated carbocycles. The van der Waals surface area contributed by atoms with Gasteiger partial charge in [0.25, 0.3) is 0 Å². The molecule has 11 nitrogen and oxygen atoms in total. The predicted molar refractivity (Wildman–Crippen MR) is 87.2 cm³/mol. The van der Waals surface area contributed by atoms with Crippen molar-refractivity contribution in [3.8, 4) is 0 Å². The normalized spacial score (nSPS) is 20.7. The van der Waals surface area contributed by atoms with E-state index in [-0.39, 0.29) is 56.0 Å². The summed E-state index contributed by atoms with van der Waals surface area (Å²) in [4.78, 5) is 82.8. The number of aromatic nitrogens is 2. The van der Waals surface area contributed by atoms with Crippen molar-refractivity contribution in [2.45, 2.75) is 38.5 Å². The Morgan fingerprint density at radius 1 is 0.593 bits per heavy atom. The topological polar surface area (TPSA) is 138 Å². The first-order valence-electron chi connectivity index (χ1n) is 8.33. The summed E-state index contributed by atoms with van der Waals surface area (Å²) in [6.07, 6.45) is 0.989. The average molecular weight is 371 g/mol. The molecular formula is C16H13N5O6. The second-order valence-electron chi connectivity index (χ2n) is 6.25. The predicted octanol–water partition coefficient (Wildman–Crippen LogP) is -0.563. The molecule has 6 amide bonds. The molecule has 0 bridgehead atoms. The van der Waals surface area contributed by atoms with Crippen LogP contribution in [0.15, 0.2) is 6.20 Å². The van der Waals surface area contributed by atoms with Gasteiger partial charge in [-0.25, -0.2) is 19.7 Å². The minimum atomic E-state index is -0.552. The maximum Gasteiger partial charge on any atom is 0.241 e. The first-order chi connectivity index (χ1) is 12.9. The van der Waals surface area contributed by atoms with E-state index in [0.717, 1.165) is 20.9 Å². The monoisotopic (exact) mass is 371 g/mol. The SMILES string of the molecule is O=C1CCC(=O)N1c1ncc(N2C(=O)CCC2=O)c(N2C(=O)CCC2=O)n1. The first kappa shape index (κ1) is 16.9. The van der Waals surface area contributed by atoms with Gasteiger partial charge in [0.15, 0.2) is 5.82 Å². The van der Waals surface area contributed by atoms with Gasteiger partial charge in [-0.1, -0.05) is 0 Å². The number of imide groups is 3. The quantitative estimate of drug-likeness (QED) is 0.644. The Labute approximate surface area is 151 Å². The Balaban J connectivity index is 1.87. The molecule has 0 aliphatic carbocycles. The molecular weight excluding hydrogens is 358 g/mol. The Morgan fingerprint density at radius 2 is 1.00 bits per heavy atom. The highest BCUT2D eigenvalue weighted by molar-refractivity contribution is 6.26. The van der Waals surface area contributed by atoms with E-state index in [1.54, 1.807) is 0 Å². The van der Waals surface area contributed by atoms with Gasteiger partial charge in [-0.3, -0.25) is 28.8 Å². The van der Waals surface area contributed by atoms with E-state index in [9.17, 15) is 28.8 Å². The number of amides is 6. The van der Waals surface area contributed by atoms with E-state index in [1.165, 1.54) is 0 Å². The van der Waals surface area contributed by atoms with Gasteiger partial charge >= 0.3 is 0 Å². The van der Waals surface area contributed by atoms with Gasteiger partial charge in [-0.2, -0.15) is 4.98 Å². The van der Waals surface area contributed by atoms with Crippen molar-refractivity contribution in [3.05, 3.63) is 6.20 Å². The summed E-state index contributed by atoms with van der Waals surface area (Å²) in [5.74, 6) is -3.71. The fourth-order valence-corrected chi connectivity index (χ4v) is 3.25. The minimum Gasteiger partial charge on any atom is -0.274 e. The molecule has 0 radical (unpaired) electrons. The lowest BCUT2D eigenvalue weighted by Crippen LogP contribution is -2.37. The minimum absolute atomic E-state index is 0.00392. The van der Waals surface area contributed by atoms with Crippen molar-refractivity contribution in [2.75, 3.05) is 14.7 Å². The third-order valence-electron chi connectivity index (χ3n) is 4.54. The standard InChI is InChI=1S/C16H13N5O6/c22-9-1-2-10(23)19(9)8-7-17-16(21-13(26)5-6-14(21)27)18-15(8)20-11(24)3-4-12(20)25/h7H,1-6H2. The zero-order valence-corrected chi connectivity index (χ0v) is 14.0. The highest BCUT2D eigenvalue weighted by atomic mass is 16.2. The van der Waals surface area contributed by atoms with Gasteiger partial charge in [-0.05, 0) is 0 Å². The second-order valence-corrected chi connectivity index (χ2v) is 6.25. The van der Waals surface area contributed by atoms with Gasteiger partial charge in [0.2, 0.25) is 41.4 Å².